The molecule has 2 rings (SSSR count). The van der Waals surface area contributed by atoms with Gasteiger partial charge in [-0.25, -0.2) is 4.68 Å². The van der Waals surface area contributed by atoms with Crippen molar-refractivity contribution in [2.45, 2.75) is 6.92 Å². The van der Waals surface area contributed by atoms with Crippen molar-refractivity contribution in [1.29, 1.82) is 0 Å². The summed E-state index contributed by atoms with van der Waals surface area (Å²) >= 11 is 5.89. The van der Waals surface area contributed by atoms with Gasteiger partial charge in [0.15, 0.2) is 12.1 Å². The van der Waals surface area contributed by atoms with Crippen LogP contribution in [0, 0.1) is 6.92 Å². The molecule has 2 aromatic rings. The number of hydrogen-bond acceptors (Lipinski definition) is 3. The van der Waals surface area contributed by atoms with Gasteiger partial charge in [-0.3, -0.25) is 9.48 Å². The first-order chi connectivity index (χ1) is 7.13. The molecule has 0 amide bonds. The molecule has 0 aliphatic carbocycles. The van der Waals surface area contributed by atoms with Crippen LogP contribution in [0.2, 0.25) is 5.02 Å². The summed E-state index contributed by atoms with van der Waals surface area (Å²) < 4.78 is 3.13. The maximum absolute atomic E-state index is 10.8. The van der Waals surface area contributed by atoms with E-state index >= 15 is 0 Å². The predicted molar refractivity (Wildman–Crippen MR) is 55.5 cm³/mol. The molecule has 0 bridgehead atoms. The van der Waals surface area contributed by atoms with Gasteiger partial charge in [0.2, 0.25) is 0 Å². The summed E-state index contributed by atoms with van der Waals surface area (Å²) in [4.78, 5) is 10.8. The summed E-state index contributed by atoms with van der Waals surface area (Å²) in [5, 5.41) is 8.73. The summed E-state index contributed by atoms with van der Waals surface area (Å²) in [5.41, 5.74) is 1.20. The molecule has 0 unspecified atom stereocenters. The number of rotatable bonds is 2. The molecule has 0 saturated heterocycles. The van der Waals surface area contributed by atoms with Crippen LogP contribution in [0.15, 0.2) is 12.4 Å². The summed E-state index contributed by atoms with van der Waals surface area (Å²) in [6.45, 7) is 1.80. The van der Waals surface area contributed by atoms with Crippen molar-refractivity contribution < 1.29 is 4.79 Å². The van der Waals surface area contributed by atoms with Gasteiger partial charge >= 0.3 is 0 Å². The van der Waals surface area contributed by atoms with Gasteiger partial charge < -0.3 is 0 Å². The van der Waals surface area contributed by atoms with Crippen LogP contribution in [0.3, 0.4) is 0 Å². The van der Waals surface area contributed by atoms with Crippen LogP contribution in [0.1, 0.15) is 16.1 Å². The molecular weight excluding hydrogens is 216 g/mol. The van der Waals surface area contributed by atoms with Crippen molar-refractivity contribution in [3.63, 3.8) is 0 Å². The second-order valence-corrected chi connectivity index (χ2v) is 3.58. The van der Waals surface area contributed by atoms with Crippen LogP contribution in [0.25, 0.3) is 5.82 Å². The monoisotopic (exact) mass is 224 g/mol. The number of aryl methyl sites for hydroxylation is 2. The van der Waals surface area contributed by atoms with Crippen LogP contribution in [0.4, 0.5) is 0 Å². The molecular formula is C9H9ClN4O. The number of nitrogens with zero attached hydrogens (tertiary/aromatic N) is 4. The fraction of sp³-hybridized carbons (Fsp3) is 0.222. The predicted octanol–water partition coefficient (Wildman–Crippen LogP) is 1.38. The van der Waals surface area contributed by atoms with Crippen molar-refractivity contribution in [1.82, 2.24) is 19.6 Å². The summed E-state index contributed by atoms with van der Waals surface area (Å²) in [6.07, 6.45) is 3.89. The Morgan fingerprint density at radius 2 is 2.27 bits per heavy atom. The highest BCUT2D eigenvalue weighted by molar-refractivity contribution is 6.31. The first kappa shape index (κ1) is 9.92. The van der Waals surface area contributed by atoms with E-state index < -0.39 is 0 Å². The van der Waals surface area contributed by atoms with E-state index in [1.165, 1.54) is 6.20 Å². The minimum absolute atomic E-state index is 0.483. The third kappa shape index (κ3) is 1.55. The number of aromatic nitrogens is 4. The fourth-order valence-corrected chi connectivity index (χ4v) is 1.49. The lowest BCUT2D eigenvalue weighted by atomic mass is 10.4. The van der Waals surface area contributed by atoms with Gasteiger partial charge in [0.25, 0.3) is 0 Å². The first-order valence-corrected chi connectivity index (χ1v) is 4.70. The standard InChI is InChI=1S/C9H9ClN4O/c1-6-8(10)4-14(12-6)9-7(5-15)3-11-13(9)2/h3-5H,1-2H3. The number of aldehydes is 1. The highest BCUT2D eigenvalue weighted by atomic mass is 35.5. The molecule has 6 heteroatoms. The quantitative estimate of drug-likeness (QED) is 0.725. The SMILES string of the molecule is Cc1nn(-c2c(C=O)cnn2C)cc1Cl. The molecule has 0 aliphatic rings. The molecule has 0 saturated carbocycles. The number of carbonyl (C=O) groups excluding carboxylic acids is 1. The van der Waals surface area contributed by atoms with Crippen molar-refractivity contribution in [3.8, 4) is 5.82 Å². The van der Waals surface area contributed by atoms with E-state index in [2.05, 4.69) is 10.2 Å². The lowest BCUT2D eigenvalue weighted by molar-refractivity contribution is 0.112. The number of halogens is 1. The maximum atomic E-state index is 10.8. The van der Waals surface area contributed by atoms with Crippen LogP contribution in [-0.2, 0) is 7.05 Å². The van der Waals surface area contributed by atoms with Crippen molar-refractivity contribution in [3.05, 3.63) is 28.7 Å². The van der Waals surface area contributed by atoms with E-state index in [-0.39, 0.29) is 0 Å². The third-order valence-corrected chi connectivity index (χ3v) is 2.49. The fourth-order valence-electron chi connectivity index (χ4n) is 1.36. The lowest BCUT2D eigenvalue weighted by Gasteiger charge is -2.01. The van der Waals surface area contributed by atoms with Crippen LogP contribution < -0.4 is 0 Å². The Bertz CT molecular complexity index is 495. The normalized spacial score (nSPS) is 10.6. The van der Waals surface area contributed by atoms with E-state index in [4.69, 9.17) is 11.6 Å². The largest absolute Gasteiger partial charge is 0.298 e. The second-order valence-electron chi connectivity index (χ2n) is 3.17. The lowest BCUT2D eigenvalue weighted by Crippen LogP contribution is -2.05. The smallest absolute Gasteiger partial charge is 0.162 e. The van der Waals surface area contributed by atoms with E-state index in [9.17, 15) is 4.79 Å². The van der Waals surface area contributed by atoms with E-state index in [0.717, 1.165) is 12.0 Å². The Kier molecular flexibility index (Phi) is 2.32. The van der Waals surface area contributed by atoms with Gasteiger partial charge in [-0.05, 0) is 6.92 Å². The molecule has 2 aromatic heterocycles. The second kappa shape index (κ2) is 3.51. The van der Waals surface area contributed by atoms with Crippen LogP contribution >= 0.6 is 11.6 Å². The van der Waals surface area contributed by atoms with Gasteiger partial charge in [0.1, 0.15) is 0 Å². The van der Waals surface area contributed by atoms with E-state index in [1.54, 1.807) is 29.5 Å². The first-order valence-electron chi connectivity index (χ1n) is 4.33. The minimum atomic E-state index is 0.483. The topological polar surface area (TPSA) is 52.7 Å². The summed E-state index contributed by atoms with van der Waals surface area (Å²) in [6, 6.07) is 0. The zero-order valence-electron chi connectivity index (χ0n) is 8.31. The molecule has 0 aromatic carbocycles. The Morgan fingerprint density at radius 3 is 2.80 bits per heavy atom. The Balaban J connectivity index is 2.62. The van der Waals surface area contributed by atoms with Crippen molar-refractivity contribution in [2.75, 3.05) is 0 Å². The Morgan fingerprint density at radius 1 is 1.53 bits per heavy atom. The van der Waals surface area contributed by atoms with Gasteiger partial charge in [-0.15, -0.1) is 0 Å². The molecule has 0 aliphatic heterocycles. The highest BCUT2D eigenvalue weighted by Crippen LogP contribution is 2.17. The van der Waals surface area contributed by atoms with Crippen LogP contribution in [-0.4, -0.2) is 25.8 Å². The summed E-state index contributed by atoms with van der Waals surface area (Å²) in [7, 11) is 1.74. The molecule has 0 spiro atoms. The molecule has 0 radical (unpaired) electrons. The van der Waals surface area contributed by atoms with Gasteiger partial charge in [-0.2, -0.15) is 10.2 Å². The van der Waals surface area contributed by atoms with E-state index in [1.807, 2.05) is 0 Å². The minimum Gasteiger partial charge on any atom is -0.298 e. The van der Waals surface area contributed by atoms with Crippen LogP contribution in [0.5, 0.6) is 0 Å². The van der Waals surface area contributed by atoms with Crippen molar-refractivity contribution >= 4 is 17.9 Å². The zero-order valence-corrected chi connectivity index (χ0v) is 9.06. The Labute approximate surface area is 91.3 Å². The highest BCUT2D eigenvalue weighted by Gasteiger charge is 2.12. The molecule has 0 N–H and O–H groups in total. The molecule has 2 heterocycles. The number of hydrogen-bond donors (Lipinski definition) is 0. The van der Waals surface area contributed by atoms with Gasteiger partial charge in [0.05, 0.1) is 28.7 Å². The Hall–Kier alpha value is -1.62. The average Bonchev–Trinajstić information content (AvgIpc) is 2.71. The van der Waals surface area contributed by atoms with E-state index in [0.29, 0.717) is 16.4 Å². The zero-order chi connectivity index (χ0) is 11.0. The molecule has 78 valence electrons. The molecule has 0 atom stereocenters. The molecule has 5 nitrogen and oxygen atoms in total. The summed E-state index contributed by atoms with van der Waals surface area (Å²) in [5.74, 6) is 0.611. The molecule has 15 heavy (non-hydrogen) atoms. The molecule has 0 fully saturated rings. The van der Waals surface area contributed by atoms with Gasteiger partial charge in [-0.1, -0.05) is 11.6 Å². The third-order valence-electron chi connectivity index (χ3n) is 2.12. The average molecular weight is 225 g/mol. The maximum Gasteiger partial charge on any atom is 0.162 e. The van der Waals surface area contributed by atoms with Gasteiger partial charge in [0, 0.05) is 7.05 Å². The number of carbonyl (C=O) groups is 1. The van der Waals surface area contributed by atoms with Crippen molar-refractivity contribution in [2.24, 2.45) is 7.05 Å².